The SMILES string of the molecule is CC(C)CC(CC(=O)CNC(=O)c1cc(Cl)ccc1Cl)B1OC(=O)CC(CC(=O)O)(C(=O)O)O1. The van der Waals surface area contributed by atoms with Crippen LogP contribution in [0.4, 0.5) is 0 Å². The summed E-state index contributed by atoms with van der Waals surface area (Å²) in [5.74, 6) is -5.84. The van der Waals surface area contributed by atoms with Crippen LogP contribution in [0.15, 0.2) is 18.2 Å². The largest absolute Gasteiger partial charge is 0.531 e. The first-order valence-electron chi connectivity index (χ1n) is 10.4. The number of benzene rings is 1. The summed E-state index contributed by atoms with van der Waals surface area (Å²) >= 11 is 11.9. The molecule has 1 amide bonds. The maximum Gasteiger partial charge on any atom is 0.531 e. The Hall–Kier alpha value is -2.63. The van der Waals surface area contributed by atoms with Crippen molar-refractivity contribution in [2.75, 3.05) is 6.54 Å². The second-order valence-corrected chi connectivity index (χ2v) is 9.31. The molecule has 13 heteroatoms. The zero-order valence-corrected chi connectivity index (χ0v) is 20.0. The molecule has 3 N–H and O–H groups in total. The number of nitrogens with one attached hydrogen (secondary N) is 1. The summed E-state index contributed by atoms with van der Waals surface area (Å²) in [5.41, 5.74) is -2.22. The summed E-state index contributed by atoms with van der Waals surface area (Å²) in [6.45, 7) is 3.30. The predicted octanol–water partition coefficient (Wildman–Crippen LogP) is 2.85. The van der Waals surface area contributed by atoms with Crippen molar-refractivity contribution in [3.05, 3.63) is 33.8 Å². The second kappa shape index (κ2) is 11.7. The summed E-state index contributed by atoms with van der Waals surface area (Å²) < 4.78 is 10.7. The number of aliphatic carboxylic acids is 2. The number of hydrogen-bond acceptors (Lipinski definition) is 7. The van der Waals surface area contributed by atoms with Crippen LogP contribution >= 0.6 is 23.2 Å². The zero-order chi connectivity index (χ0) is 25.6. The van der Waals surface area contributed by atoms with Gasteiger partial charge in [-0.15, -0.1) is 0 Å². The molecule has 1 aliphatic heterocycles. The number of carbonyl (C=O) groups is 5. The maximum atomic E-state index is 12.6. The number of ketones is 1. The third kappa shape index (κ3) is 7.44. The molecule has 2 atom stereocenters. The molecule has 34 heavy (non-hydrogen) atoms. The van der Waals surface area contributed by atoms with Crippen molar-refractivity contribution in [2.24, 2.45) is 5.92 Å². The first-order valence-corrected chi connectivity index (χ1v) is 11.2. The number of carboxylic acids is 2. The van der Waals surface area contributed by atoms with Crippen LogP contribution in [0.2, 0.25) is 15.9 Å². The molecule has 0 radical (unpaired) electrons. The second-order valence-electron chi connectivity index (χ2n) is 8.46. The van der Waals surface area contributed by atoms with Crippen LogP contribution in [0.5, 0.6) is 0 Å². The molecule has 0 aliphatic carbocycles. The van der Waals surface area contributed by atoms with E-state index in [1.807, 2.05) is 13.8 Å². The summed E-state index contributed by atoms with van der Waals surface area (Å²) in [5, 5.41) is 21.6. The van der Waals surface area contributed by atoms with Crippen molar-refractivity contribution in [3.8, 4) is 0 Å². The Morgan fingerprint density at radius 1 is 1.21 bits per heavy atom. The van der Waals surface area contributed by atoms with Gasteiger partial charge >= 0.3 is 19.1 Å². The van der Waals surface area contributed by atoms with E-state index in [9.17, 15) is 29.1 Å². The Kier molecular flexibility index (Phi) is 9.49. The Labute approximate surface area is 206 Å². The van der Waals surface area contributed by atoms with Crippen LogP contribution in [0.3, 0.4) is 0 Å². The number of carboxylic acid groups (broad SMARTS) is 2. The van der Waals surface area contributed by atoms with Crippen molar-refractivity contribution in [1.29, 1.82) is 0 Å². The molecule has 0 aromatic heterocycles. The van der Waals surface area contributed by atoms with Gasteiger partial charge in [-0.3, -0.25) is 19.2 Å². The smallest absolute Gasteiger partial charge is 0.509 e. The molecule has 184 valence electrons. The monoisotopic (exact) mass is 515 g/mol. The molecule has 1 fully saturated rings. The van der Waals surface area contributed by atoms with Gasteiger partial charge in [0.25, 0.3) is 11.9 Å². The van der Waals surface area contributed by atoms with Gasteiger partial charge in [-0.05, 0) is 30.5 Å². The van der Waals surface area contributed by atoms with Gasteiger partial charge in [-0.2, -0.15) is 0 Å². The number of Topliss-reactive ketones (excluding diaryl/α,β-unsaturated/α-hetero) is 1. The van der Waals surface area contributed by atoms with Gasteiger partial charge in [0, 0.05) is 17.3 Å². The van der Waals surface area contributed by atoms with E-state index >= 15 is 0 Å². The molecule has 2 rings (SSSR count). The molecule has 1 saturated heterocycles. The molecular formula is C21H24BCl2NO9. The van der Waals surface area contributed by atoms with Crippen LogP contribution in [0.1, 0.15) is 49.9 Å². The van der Waals surface area contributed by atoms with Crippen molar-refractivity contribution in [2.45, 2.75) is 50.9 Å². The zero-order valence-electron chi connectivity index (χ0n) is 18.5. The highest BCUT2D eigenvalue weighted by atomic mass is 35.5. The average Bonchev–Trinajstić information content (AvgIpc) is 2.71. The standard InChI is InChI=1S/C21H24BCl2NO9/c1-11(2)5-12(22-33-18(29)9-21(34-22,20(31)32)8-17(27)28)6-14(26)10-25-19(30)15-7-13(23)3-4-16(15)24/h3-4,7,11-12H,5-6,8-10H2,1-2H3,(H,25,30)(H,27,28)(H,31,32). The molecule has 1 heterocycles. The van der Waals surface area contributed by atoms with E-state index in [0.29, 0.717) is 6.42 Å². The lowest BCUT2D eigenvalue weighted by atomic mass is 9.63. The van der Waals surface area contributed by atoms with Crippen molar-refractivity contribution >= 4 is 59.9 Å². The quantitative estimate of drug-likeness (QED) is 0.377. The van der Waals surface area contributed by atoms with E-state index in [0.717, 1.165) is 0 Å². The van der Waals surface area contributed by atoms with Crippen molar-refractivity contribution in [1.82, 2.24) is 5.32 Å². The van der Waals surface area contributed by atoms with Gasteiger partial charge in [0.2, 0.25) is 0 Å². The fourth-order valence-electron chi connectivity index (χ4n) is 3.64. The molecule has 1 aromatic carbocycles. The number of carbonyl (C=O) groups excluding carboxylic acids is 3. The molecule has 10 nitrogen and oxygen atoms in total. The molecule has 0 saturated carbocycles. The molecular weight excluding hydrogens is 492 g/mol. The minimum atomic E-state index is -2.30. The topological polar surface area (TPSA) is 156 Å². The molecule has 2 unspecified atom stereocenters. The third-order valence-electron chi connectivity index (χ3n) is 5.11. The van der Waals surface area contributed by atoms with E-state index in [-0.39, 0.29) is 34.5 Å². The first kappa shape index (κ1) is 27.6. The average molecular weight is 516 g/mol. The minimum absolute atomic E-state index is 0.000545. The van der Waals surface area contributed by atoms with Crippen LogP contribution in [0, 0.1) is 5.92 Å². The fourth-order valence-corrected chi connectivity index (χ4v) is 4.02. The molecule has 0 spiro atoms. The van der Waals surface area contributed by atoms with Gasteiger partial charge in [0.15, 0.2) is 11.4 Å². The lowest BCUT2D eigenvalue weighted by molar-refractivity contribution is -0.175. The van der Waals surface area contributed by atoms with E-state index in [2.05, 4.69) is 5.32 Å². The van der Waals surface area contributed by atoms with Crippen LogP contribution in [-0.4, -0.2) is 59.1 Å². The molecule has 1 aliphatic rings. The fraction of sp³-hybridized carbons (Fsp3) is 0.476. The Morgan fingerprint density at radius 2 is 1.88 bits per heavy atom. The summed E-state index contributed by atoms with van der Waals surface area (Å²) in [7, 11) is -1.44. The maximum absolute atomic E-state index is 12.6. The number of amides is 1. The number of rotatable bonds is 11. The van der Waals surface area contributed by atoms with Crippen LogP contribution in [-0.2, 0) is 28.5 Å². The Morgan fingerprint density at radius 3 is 2.47 bits per heavy atom. The number of halogens is 2. The lowest BCUT2D eigenvalue weighted by Gasteiger charge is -2.37. The highest BCUT2D eigenvalue weighted by molar-refractivity contribution is 6.50. The van der Waals surface area contributed by atoms with E-state index < -0.39 is 61.0 Å². The van der Waals surface area contributed by atoms with Crippen LogP contribution in [0.25, 0.3) is 0 Å². The summed E-state index contributed by atoms with van der Waals surface area (Å²) in [6.07, 6.45) is -1.64. The molecule has 1 aromatic rings. The highest BCUT2D eigenvalue weighted by Crippen LogP contribution is 2.36. The van der Waals surface area contributed by atoms with E-state index in [4.69, 9.17) is 37.6 Å². The van der Waals surface area contributed by atoms with E-state index in [1.165, 1.54) is 18.2 Å². The highest BCUT2D eigenvalue weighted by Gasteiger charge is 2.54. The van der Waals surface area contributed by atoms with Crippen molar-refractivity contribution in [3.63, 3.8) is 0 Å². The third-order valence-corrected chi connectivity index (χ3v) is 5.68. The Balaban J connectivity index is 2.13. The minimum Gasteiger partial charge on any atom is -0.509 e. The van der Waals surface area contributed by atoms with Gasteiger partial charge in [0.05, 0.1) is 30.0 Å². The Bertz CT molecular complexity index is 983. The van der Waals surface area contributed by atoms with Gasteiger partial charge in [-0.25, -0.2) is 4.79 Å². The lowest BCUT2D eigenvalue weighted by Crippen LogP contribution is -2.56. The van der Waals surface area contributed by atoms with Gasteiger partial charge < -0.3 is 24.8 Å². The normalized spacial score (nSPS) is 18.9. The first-order chi connectivity index (χ1) is 15.8. The van der Waals surface area contributed by atoms with Gasteiger partial charge in [-0.1, -0.05) is 37.0 Å². The van der Waals surface area contributed by atoms with Crippen molar-refractivity contribution < 1.29 is 43.5 Å². The summed E-state index contributed by atoms with van der Waals surface area (Å²) in [6, 6.07) is 4.31. The summed E-state index contributed by atoms with van der Waals surface area (Å²) in [4.78, 5) is 60.2. The predicted molar refractivity (Wildman–Crippen MR) is 122 cm³/mol. The molecule has 0 bridgehead atoms. The van der Waals surface area contributed by atoms with E-state index in [1.54, 1.807) is 0 Å². The number of hydrogen-bond donors (Lipinski definition) is 3. The van der Waals surface area contributed by atoms with Gasteiger partial charge in [0.1, 0.15) is 0 Å². The van der Waals surface area contributed by atoms with Crippen LogP contribution < -0.4 is 5.32 Å².